The van der Waals surface area contributed by atoms with E-state index in [0.29, 0.717) is 0 Å². The number of aromatic nitrogens is 2. The van der Waals surface area contributed by atoms with Gasteiger partial charge in [0, 0.05) is 38.4 Å². The van der Waals surface area contributed by atoms with E-state index in [1.54, 1.807) is 0 Å². The molecule has 0 radical (unpaired) electrons. The number of nitrogens with one attached hydrogen (secondary N) is 1. The number of nitrogens with zero attached hydrogens (tertiary/aromatic N) is 3. The second-order valence-corrected chi connectivity index (χ2v) is 6.67. The SMILES string of the molecule is c1n[nH]cc1N1CCC(CN2C[C@@H]3CC[C@H]2C3)CC1. The fourth-order valence-corrected chi connectivity index (χ4v) is 4.37. The maximum atomic E-state index is 4.05. The number of hydrogen-bond donors (Lipinski definition) is 1. The number of rotatable bonds is 3. The van der Waals surface area contributed by atoms with E-state index < -0.39 is 0 Å². The summed E-state index contributed by atoms with van der Waals surface area (Å²) in [6, 6.07) is 0.942. The van der Waals surface area contributed by atoms with Crippen molar-refractivity contribution >= 4 is 5.69 Å². The van der Waals surface area contributed by atoms with E-state index in [-0.39, 0.29) is 0 Å². The van der Waals surface area contributed by atoms with E-state index in [1.807, 2.05) is 12.4 Å². The summed E-state index contributed by atoms with van der Waals surface area (Å²) >= 11 is 0. The predicted octanol–water partition coefficient (Wildman–Crippen LogP) is 2.11. The highest BCUT2D eigenvalue weighted by atomic mass is 15.2. The van der Waals surface area contributed by atoms with Gasteiger partial charge in [-0.2, -0.15) is 5.10 Å². The number of H-pyrrole nitrogens is 1. The number of aromatic amines is 1. The first-order chi connectivity index (χ1) is 9.38. The van der Waals surface area contributed by atoms with Crippen LogP contribution >= 0.6 is 0 Å². The van der Waals surface area contributed by atoms with Crippen molar-refractivity contribution in [3.8, 4) is 0 Å². The van der Waals surface area contributed by atoms with Crippen LogP contribution in [0.5, 0.6) is 0 Å². The zero-order valence-corrected chi connectivity index (χ0v) is 11.6. The molecule has 1 aromatic heterocycles. The summed E-state index contributed by atoms with van der Waals surface area (Å²) < 4.78 is 0. The molecule has 4 nitrogen and oxygen atoms in total. The molecule has 4 rings (SSSR count). The molecule has 4 heteroatoms. The molecule has 3 heterocycles. The van der Waals surface area contributed by atoms with Crippen LogP contribution in [0.25, 0.3) is 0 Å². The predicted molar refractivity (Wildman–Crippen MR) is 76.2 cm³/mol. The molecular weight excluding hydrogens is 236 g/mol. The number of anilines is 1. The second-order valence-electron chi connectivity index (χ2n) is 6.67. The van der Waals surface area contributed by atoms with Gasteiger partial charge < -0.3 is 4.90 Å². The van der Waals surface area contributed by atoms with Gasteiger partial charge in [-0.25, -0.2) is 0 Å². The molecular formula is C15H24N4. The van der Waals surface area contributed by atoms with Gasteiger partial charge in [0.1, 0.15) is 0 Å². The Kier molecular flexibility index (Phi) is 2.98. The molecule has 1 N–H and O–H groups in total. The summed E-state index contributed by atoms with van der Waals surface area (Å²) in [5.74, 6) is 1.96. The fourth-order valence-electron chi connectivity index (χ4n) is 4.37. The Balaban J connectivity index is 1.29. The van der Waals surface area contributed by atoms with E-state index in [0.717, 1.165) is 17.9 Å². The van der Waals surface area contributed by atoms with Gasteiger partial charge in [0.05, 0.1) is 11.9 Å². The highest BCUT2D eigenvalue weighted by Crippen LogP contribution is 2.38. The van der Waals surface area contributed by atoms with Crippen LogP contribution < -0.4 is 4.90 Å². The van der Waals surface area contributed by atoms with Crippen LogP contribution in [0.4, 0.5) is 5.69 Å². The average Bonchev–Trinajstić information content (AvgIpc) is 3.17. The van der Waals surface area contributed by atoms with E-state index in [2.05, 4.69) is 20.0 Å². The van der Waals surface area contributed by atoms with Crippen LogP contribution in [0, 0.1) is 11.8 Å². The quantitative estimate of drug-likeness (QED) is 0.904. The summed E-state index contributed by atoms with van der Waals surface area (Å²) in [6.07, 6.45) is 11.1. The zero-order valence-electron chi connectivity index (χ0n) is 11.6. The van der Waals surface area contributed by atoms with Gasteiger partial charge in [-0.1, -0.05) is 0 Å². The molecule has 2 aliphatic heterocycles. The number of fused-ring (bicyclic) bond motifs is 2. The van der Waals surface area contributed by atoms with Gasteiger partial charge in [-0.3, -0.25) is 10.00 Å². The highest BCUT2D eigenvalue weighted by molar-refractivity contribution is 5.42. The molecule has 2 atom stereocenters. The number of hydrogen-bond acceptors (Lipinski definition) is 3. The topological polar surface area (TPSA) is 35.2 Å². The van der Waals surface area contributed by atoms with Crippen molar-refractivity contribution in [1.29, 1.82) is 0 Å². The standard InChI is InChI=1S/C15H24N4/c1-2-14-7-13(1)11-19(14)10-12-3-5-18(6-4-12)15-8-16-17-9-15/h8-9,12-14H,1-7,10-11H2,(H,16,17)/t13-,14+/m1/s1. The first-order valence-corrected chi connectivity index (χ1v) is 7.86. The van der Waals surface area contributed by atoms with Crippen LogP contribution in [0.1, 0.15) is 32.1 Å². The summed E-state index contributed by atoms with van der Waals surface area (Å²) in [5, 5.41) is 6.97. The summed E-state index contributed by atoms with van der Waals surface area (Å²) in [4.78, 5) is 5.27. The third kappa shape index (κ3) is 2.27. The first kappa shape index (κ1) is 11.8. The Hall–Kier alpha value is -1.03. The minimum absolute atomic E-state index is 0.919. The van der Waals surface area contributed by atoms with Crippen LogP contribution in [0.3, 0.4) is 0 Å². The fraction of sp³-hybridized carbons (Fsp3) is 0.800. The van der Waals surface area contributed by atoms with Gasteiger partial charge in [0.25, 0.3) is 0 Å². The molecule has 104 valence electrons. The van der Waals surface area contributed by atoms with Gasteiger partial charge in [-0.15, -0.1) is 0 Å². The molecule has 1 aromatic rings. The Labute approximate surface area is 115 Å². The highest BCUT2D eigenvalue weighted by Gasteiger charge is 2.38. The lowest BCUT2D eigenvalue weighted by atomic mass is 9.95. The van der Waals surface area contributed by atoms with Gasteiger partial charge >= 0.3 is 0 Å². The van der Waals surface area contributed by atoms with E-state index in [9.17, 15) is 0 Å². The van der Waals surface area contributed by atoms with Crippen molar-refractivity contribution in [3.05, 3.63) is 12.4 Å². The summed E-state index contributed by atoms with van der Waals surface area (Å²) in [5.41, 5.74) is 1.26. The Morgan fingerprint density at radius 3 is 2.74 bits per heavy atom. The molecule has 3 fully saturated rings. The van der Waals surface area contributed by atoms with Gasteiger partial charge in [-0.05, 0) is 43.9 Å². The molecule has 3 aliphatic rings. The van der Waals surface area contributed by atoms with Crippen LogP contribution in [-0.4, -0.2) is 47.3 Å². The summed E-state index contributed by atoms with van der Waals surface area (Å²) in [7, 11) is 0. The largest absolute Gasteiger partial charge is 0.369 e. The van der Waals surface area contributed by atoms with Gasteiger partial charge in [0.2, 0.25) is 0 Å². The van der Waals surface area contributed by atoms with Crippen molar-refractivity contribution in [3.63, 3.8) is 0 Å². The van der Waals surface area contributed by atoms with Crippen molar-refractivity contribution in [2.45, 2.75) is 38.1 Å². The Morgan fingerprint density at radius 2 is 2.11 bits per heavy atom. The lowest BCUT2D eigenvalue weighted by Gasteiger charge is -2.36. The monoisotopic (exact) mass is 260 g/mol. The molecule has 1 saturated carbocycles. The van der Waals surface area contributed by atoms with Gasteiger partial charge in [0.15, 0.2) is 0 Å². The van der Waals surface area contributed by atoms with Crippen molar-refractivity contribution in [1.82, 2.24) is 15.1 Å². The Bertz CT molecular complexity index is 408. The second kappa shape index (κ2) is 4.82. The molecule has 2 saturated heterocycles. The van der Waals surface area contributed by atoms with E-state index in [4.69, 9.17) is 0 Å². The van der Waals surface area contributed by atoms with E-state index in [1.165, 1.54) is 64.0 Å². The minimum Gasteiger partial charge on any atom is -0.369 e. The van der Waals surface area contributed by atoms with Crippen molar-refractivity contribution < 1.29 is 0 Å². The maximum absolute atomic E-state index is 4.05. The van der Waals surface area contributed by atoms with Crippen molar-refractivity contribution in [2.24, 2.45) is 11.8 Å². The van der Waals surface area contributed by atoms with E-state index >= 15 is 0 Å². The Morgan fingerprint density at radius 1 is 1.21 bits per heavy atom. The lowest BCUT2D eigenvalue weighted by Crippen LogP contribution is -2.41. The molecule has 1 aliphatic carbocycles. The molecule has 0 unspecified atom stereocenters. The van der Waals surface area contributed by atoms with Crippen LogP contribution in [0.15, 0.2) is 12.4 Å². The molecule has 2 bridgehead atoms. The first-order valence-electron chi connectivity index (χ1n) is 7.86. The molecule has 0 aromatic carbocycles. The normalized spacial score (nSPS) is 32.3. The molecule has 19 heavy (non-hydrogen) atoms. The molecule has 0 amide bonds. The maximum Gasteiger partial charge on any atom is 0.0749 e. The minimum atomic E-state index is 0.919. The average molecular weight is 260 g/mol. The van der Waals surface area contributed by atoms with Crippen LogP contribution in [0.2, 0.25) is 0 Å². The molecule has 0 spiro atoms. The number of piperidine rings is 2. The smallest absolute Gasteiger partial charge is 0.0749 e. The summed E-state index contributed by atoms with van der Waals surface area (Å²) in [6.45, 7) is 5.16. The number of likely N-dealkylation sites (tertiary alicyclic amines) is 1. The third-order valence-electron chi connectivity index (χ3n) is 5.48. The third-order valence-corrected chi connectivity index (χ3v) is 5.48. The lowest BCUT2D eigenvalue weighted by molar-refractivity contribution is 0.169. The zero-order chi connectivity index (χ0) is 12.7. The van der Waals surface area contributed by atoms with Crippen LogP contribution in [-0.2, 0) is 0 Å². The van der Waals surface area contributed by atoms with Crippen molar-refractivity contribution in [2.75, 3.05) is 31.1 Å².